The zero-order valence-electron chi connectivity index (χ0n) is 16.8. The third-order valence-electron chi connectivity index (χ3n) is 6.59. The van der Waals surface area contributed by atoms with Crippen LogP contribution in [0, 0.1) is 0 Å². The maximum absolute atomic E-state index is 13.0. The van der Waals surface area contributed by atoms with Crippen LogP contribution in [0.1, 0.15) is 42.4 Å². The van der Waals surface area contributed by atoms with Gasteiger partial charge >= 0.3 is 0 Å². The molecule has 2 N–H and O–H groups in total. The van der Waals surface area contributed by atoms with Gasteiger partial charge in [0, 0.05) is 25.2 Å². The van der Waals surface area contributed by atoms with Crippen molar-refractivity contribution >= 4 is 23.4 Å². The number of carbonyl (C=O) groups excluding carboxylic acids is 3. The molecule has 3 aliphatic rings. The van der Waals surface area contributed by atoms with Crippen LogP contribution in [0.2, 0.25) is 0 Å². The number of benzene rings is 2. The smallest absolute Gasteiger partial charge is 0.245 e. The summed E-state index contributed by atoms with van der Waals surface area (Å²) in [5, 5.41) is 5.86. The van der Waals surface area contributed by atoms with Crippen molar-refractivity contribution in [2.75, 3.05) is 11.9 Å². The second-order valence-corrected chi connectivity index (χ2v) is 8.55. The average Bonchev–Trinajstić information content (AvgIpc) is 3.48. The molecule has 0 aromatic heterocycles. The van der Waals surface area contributed by atoms with E-state index in [2.05, 4.69) is 10.6 Å². The van der Waals surface area contributed by atoms with E-state index in [1.807, 2.05) is 53.4 Å². The number of nitrogens with zero attached hydrogens (tertiary/aromatic N) is 1. The summed E-state index contributed by atoms with van der Waals surface area (Å²) in [6, 6.07) is 15.5. The van der Waals surface area contributed by atoms with Crippen molar-refractivity contribution in [2.24, 2.45) is 0 Å². The topological polar surface area (TPSA) is 78.5 Å². The summed E-state index contributed by atoms with van der Waals surface area (Å²) in [7, 11) is 0. The number of carbonyl (C=O) groups is 3. The van der Waals surface area contributed by atoms with Crippen LogP contribution in [0.25, 0.3) is 0 Å². The molecule has 1 saturated carbocycles. The molecule has 0 spiro atoms. The zero-order valence-corrected chi connectivity index (χ0v) is 16.8. The number of anilines is 1. The van der Waals surface area contributed by atoms with Gasteiger partial charge in [0.05, 0.1) is 5.41 Å². The first-order valence-electron chi connectivity index (χ1n) is 10.6. The molecule has 2 heterocycles. The number of fused-ring (bicyclic) bond motifs is 1. The van der Waals surface area contributed by atoms with Crippen LogP contribution in [0.3, 0.4) is 0 Å². The highest BCUT2D eigenvalue weighted by Gasteiger charge is 2.51. The van der Waals surface area contributed by atoms with Crippen LogP contribution < -0.4 is 10.6 Å². The minimum atomic E-state index is -0.417. The molecular weight excluding hydrogens is 378 g/mol. The van der Waals surface area contributed by atoms with Crippen molar-refractivity contribution in [1.82, 2.24) is 10.2 Å². The Kier molecular flexibility index (Phi) is 4.57. The van der Waals surface area contributed by atoms with Crippen molar-refractivity contribution < 1.29 is 14.4 Å². The van der Waals surface area contributed by atoms with Gasteiger partial charge in [0.2, 0.25) is 17.7 Å². The lowest BCUT2D eigenvalue weighted by molar-refractivity contribution is -0.135. The highest BCUT2D eigenvalue weighted by molar-refractivity contribution is 6.01. The van der Waals surface area contributed by atoms with E-state index in [1.165, 1.54) is 5.56 Å². The van der Waals surface area contributed by atoms with Crippen LogP contribution in [0.5, 0.6) is 0 Å². The van der Waals surface area contributed by atoms with E-state index in [-0.39, 0.29) is 17.7 Å². The van der Waals surface area contributed by atoms with E-state index >= 15 is 0 Å². The first-order valence-corrected chi connectivity index (χ1v) is 10.6. The molecule has 5 rings (SSSR count). The second kappa shape index (κ2) is 7.27. The Labute approximate surface area is 175 Å². The third kappa shape index (κ3) is 3.36. The van der Waals surface area contributed by atoms with Gasteiger partial charge in [0.1, 0.15) is 6.04 Å². The van der Waals surface area contributed by atoms with E-state index in [9.17, 15) is 14.4 Å². The van der Waals surface area contributed by atoms with Crippen LogP contribution in [0.4, 0.5) is 5.69 Å². The van der Waals surface area contributed by atoms with Gasteiger partial charge in [0.25, 0.3) is 0 Å². The molecule has 2 fully saturated rings. The van der Waals surface area contributed by atoms with Gasteiger partial charge < -0.3 is 15.5 Å². The van der Waals surface area contributed by atoms with Crippen LogP contribution in [-0.4, -0.2) is 35.2 Å². The molecule has 1 aliphatic carbocycles. The Balaban J connectivity index is 1.30. The summed E-state index contributed by atoms with van der Waals surface area (Å²) < 4.78 is 0. The molecule has 1 saturated heterocycles. The SMILES string of the molecule is O=C1CC[C@H](C(=O)N2CCc3ccc(NC(=O)C4(c5ccccc5)CC4)cc3C2)N1. The van der Waals surface area contributed by atoms with Gasteiger partial charge in [0.15, 0.2) is 0 Å². The largest absolute Gasteiger partial charge is 0.344 e. The fourth-order valence-corrected chi connectivity index (χ4v) is 4.62. The van der Waals surface area contributed by atoms with Crippen molar-refractivity contribution in [2.45, 2.75) is 50.1 Å². The molecule has 1 atom stereocenters. The maximum Gasteiger partial charge on any atom is 0.245 e. The van der Waals surface area contributed by atoms with E-state index in [0.29, 0.717) is 25.9 Å². The van der Waals surface area contributed by atoms with Gasteiger partial charge in [-0.3, -0.25) is 14.4 Å². The normalized spacial score (nSPS) is 21.5. The minimum Gasteiger partial charge on any atom is -0.344 e. The number of amides is 3. The first-order chi connectivity index (χ1) is 14.5. The highest BCUT2D eigenvalue weighted by atomic mass is 16.2. The van der Waals surface area contributed by atoms with Crippen molar-refractivity contribution in [3.8, 4) is 0 Å². The Hall–Kier alpha value is -3.15. The first kappa shape index (κ1) is 18.9. The molecule has 3 amide bonds. The lowest BCUT2D eigenvalue weighted by Gasteiger charge is -2.31. The summed E-state index contributed by atoms with van der Waals surface area (Å²) in [5.74, 6) is -0.0313. The fraction of sp³-hybridized carbons (Fsp3) is 0.375. The fourth-order valence-electron chi connectivity index (χ4n) is 4.62. The van der Waals surface area contributed by atoms with Gasteiger partial charge in [-0.1, -0.05) is 36.4 Å². The molecule has 6 nitrogen and oxygen atoms in total. The third-order valence-corrected chi connectivity index (χ3v) is 6.59. The van der Waals surface area contributed by atoms with E-state index in [1.54, 1.807) is 0 Å². The van der Waals surface area contributed by atoms with Crippen molar-refractivity contribution in [1.29, 1.82) is 0 Å². The number of hydrogen-bond acceptors (Lipinski definition) is 3. The van der Waals surface area contributed by atoms with Crippen molar-refractivity contribution in [3.05, 3.63) is 65.2 Å². The predicted octanol–water partition coefficient (Wildman–Crippen LogP) is 2.52. The molecule has 0 radical (unpaired) electrons. The van der Waals surface area contributed by atoms with Gasteiger partial charge in [-0.2, -0.15) is 0 Å². The lowest BCUT2D eigenvalue weighted by atomic mass is 9.94. The molecule has 154 valence electrons. The average molecular weight is 403 g/mol. The minimum absolute atomic E-state index is 0.0121. The molecule has 2 aromatic carbocycles. The molecule has 30 heavy (non-hydrogen) atoms. The quantitative estimate of drug-likeness (QED) is 0.823. The maximum atomic E-state index is 13.0. The van der Waals surface area contributed by atoms with E-state index in [0.717, 1.165) is 36.1 Å². The van der Waals surface area contributed by atoms with Crippen molar-refractivity contribution in [3.63, 3.8) is 0 Å². The summed E-state index contributed by atoms with van der Waals surface area (Å²) >= 11 is 0. The summed E-state index contributed by atoms with van der Waals surface area (Å²) in [5.41, 5.74) is 3.68. The van der Waals surface area contributed by atoms with Crippen LogP contribution in [0.15, 0.2) is 48.5 Å². The van der Waals surface area contributed by atoms with E-state index in [4.69, 9.17) is 0 Å². The Morgan fingerprint density at radius 3 is 2.53 bits per heavy atom. The second-order valence-electron chi connectivity index (χ2n) is 8.55. The number of nitrogens with one attached hydrogen (secondary N) is 2. The Bertz CT molecular complexity index is 1010. The number of rotatable bonds is 4. The molecule has 2 aromatic rings. The van der Waals surface area contributed by atoms with E-state index < -0.39 is 11.5 Å². The Morgan fingerprint density at radius 1 is 1.03 bits per heavy atom. The molecular formula is C24H25N3O3. The summed E-state index contributed by atoms with van der Waals surface area (Å²) in [4.78, 5) is 39.1. The summed E-state index contributed by atoms with van der Waals surface area (Å²) in [6.45, 7) is 1.16. The molecule has 0 unspecified atom stereocenters. The van der Waals surface area contributed by atoms with Crippen LogP contribution >= 0.6 is 0 Å². The standard InChI is InChI=1S/C24H25N3O3/c28-21-9-8-20(26-21)22(29)27-13-10-16-6-7-19(14-17(16)15-27)25-23(30)24(11-12-24)18-4-2-1-3-5-18/h1-7,14,20H,8-13,15H2,(H,25,30)(H,26,28)/t20-/m1/s1. The molecule has 2 aliphatic heterocycles. The number of hydrogen-bond donors (Lipinski definition) is 2. The monoisotopic (exact) mass is 403 g/mol. The zero-order chi connectivity index (χ0) is 20.7. The van der Waals surface area contributed by atoms with Gasteiger partial charge in [-0.15, -0.1) is 0 Å². The summed E-state index contributed by atoms with van der Waals surface area (Å²) in [6.07, 6.45) is 3.50. The highest BCUT2D eigenvalue weighted by Crippen LogP contribution is 2.49. The molecule has 6 heteroatoms. The molecule has 0 bridgehead atoms. The van der Waals surface area contributed by atoms with Crippen LogP contribution in [-0.2, 0) is 32.8 Å². The Morgan fingerprint density at radius 2 is 1.83 bits per heavy atom. The lowest BCUT2D eigenvalue weighted by Crippen LogP contribution is -2.46. The van der Waals surface area contributed by atoms with Gasteiger partial charge in [-0.05, 0) is 54.5 Å². The predicted molar refractivity (Wildman–Crippen MR) is 113 cm³/mol. The van der Waals surface area contributed by atoms with Gasteiger partial charge in [-0.25, -0.2) is 0 Å².